The van der Waals surface area contributed by atoms with Gasteiger partial charge >= 0.3 is 0 Å². The van der Waals surface area contributed by atoms with E-state index in [0.29, 0.717) is 16.7 Å². The van der Waals surface area contributed by atoms with Gasteiger partial charge in [-0.25, -0.2) is 8.42 Å². The second-order valence-corrected chi connectivity index (χ2v) is 8.02. The van der Waals surface area contributed by atoms with Crippen molar-refractivity contribution in [1.29, 1.82) is 5.26 Å². The highest BCUT2D eigenvalue weighted by molar-refractivity contribution is 7.92. The second-order valence-electron chi connectivity index (χ2n) is 5.90. The van der Waals surface area contributed by atoms with Gasteiger partial charge in [0.15, 0.2) is 9.84 Å². The number of benzene rings is 2. The summed E-state index contributed by atoms with van der Waals surface area (Å²) in [5.41, 5.74) is 7.51. The fraction of sp³-hybridized carbons (Fsp3) is 0.105. The van der Waals surface area contributed by atoms with Gasteiger partial charge in [0.25, 0.3) is 0 Å². The largest absolute Gasteiger partial charge is 0.442 e. The van der Waals surface area contributed by atoms with E-state index in [1.54, 1.807) is 48.5 Å². The number of hydrogen-bond donors (Lipinski definition) is 1. The molecule has 2 aromatic carbocycles. The minimum atomic E-state index is -3.70. The first-order valence-corrected chi connectivity index (χ1v) is 9.31. The maximum absolute atomic E-state index is 13.4. The third kappa shape index (κ3) is 2.17. The summed E-state index contributed by atoms with van der Waals surface area (Å²) in [7, 11) is -3.70. The summed E-state index contributed by atoms with van der Waals surface area (Å²) in [6, 6.07) is 19.7. The van der Waals surface area contributed by atoms with Crippen LogP contribution in [0, 0.1) is 11.3 Å². The highest BCUT2D eigenvalue weighted by Crippen LogP contribution is 2.54. The van der Waals surface area contributed by atoms with Gasteiger partial charge < -0.3 is 10.2 Å². The Labute approximate surface area is 145 Å². The molecule has 0 spiro atoms. The van der Waals surface area contributed by atoms with Crippen molar-refractivity contribution in [3.05, 3.63) is 88.7 Å². The van der Waals surface area contributed by atoms with E-state index in [-0.39, 0.29) is 17.2 Å². The molecular weight excluding hydrogens is 336 g/mol. The Morgan fingerprint density at radius 2 is 1.44 bits per heavy atom. The molecule has 0 unspecified atom stereocenters. The van der Waals surface area contributed by atoms with Crippen molar-refractivity contribution in [2.24, 2.45) is 0 Å². The molecule has 0 fully saturated rings. The predicted molar refractivity (Wildman–Crippen MR) is 93.3 cm³/mol. The van der Waals surface area contributed by atoms with E-state index >= 15 is 0 Å². The smallest absolute Gasteiger partial charge is 0.208 e. The monoisotopic (exact) mass is 350 g/mol. The van der Waals surface area contributed by atoms with Crippen molar-refractivity contribution in [1.82, 2.24) is 0 Å². The molecule has 3 aromatic rings. The normalized spacial score (nSPS) is 20.8. The maximum Gasteiger partial charge on any atom is 0.208 e. The number of nitriles is 1. The number of nitrogens with zero attached hydrogens (tertiary/aromatic N) is 1. The Morgan fingerprint density at radius 1 is 0.920 bits per heavy atom. The fourth-order valence-electron chi connectivity index (χ4n) is 3.45. The summed E-state index contributed by atoms with van der Waals surface area (Å²) in [6.45, 7) is 0. The summed E-state index contributed by atoms with van der Waals surface area (Å²) in [5.74, 6) is 0.207. The molecule has 0 saturated heterocycles. The van der Waals surface area contributed by atoms with Gasteiger partial charge in [0.2, 0.25) is 5.88 Å². The molecule has 0 amide bonds. The van der Waals surface area contributed by atoms with Crippen LogP contribution in [0.25, 0.3) is 0 Å². The molecule has 0 bridgehead atoms. The van der Waals surface area contributed by atoms with Crippen LogP contribution in [0.15, 0.2) is 65.1 Å². The third-order valence-corrected chi connectivity index (χ3v) is 6.78. The molecule has 124 valence electrons. The molecule has 1 aliphatic heterocycles. The topological polar surface area (TPSA) is 97.1 Å². The number of anilines is 1. The van der Waals surface area contributed by atoms with Crippen molar-refractivity contribution < 1.29 is 12.8 Å². The summed E-state index contributed by atoms with van der Waals surface area (Å²) >= 11 is 0. The maximum atomic E-state index is 13.4. The molecule has 0 radical (unpaired) electrons. The summed E-state index contributed by atoms with van der Waals surface area (Å²) in [4.78, 5) is 0. The Morgan fingerprint density at radius 3 is 1.96 bits per heavy atom. The Hall–Kier alpha value is -3.04. The highest BCUT2D eigenvalue weighted by Gasteiger charge is 2.51. The van der Waals surface area contributed by atoms with Gasteiger partial charge in [-0.2, -0.15) is 5.26 Å². The van der Waals surface area contributed by atoms with Gasteiger partial charge in [-0.3, -0.25) is 0 Å². The Kier molecular flexibility index (Phi) is 3.41. The van der Waals surface area contributed by atoms with Crippen molar-refractivity contribution in [3.63, 3.8) is 0 Å². The van der Waals surface area contributed by atoms with Crippen LogP contribution in [0.5, 0.6) is 0 Å². The van der Waals surface area contributed by atoms with E-state index in [9.17, 15) is 13.7 Å². The van der Waals surface area contributed by atoms with Crippen LogP contribution in [0.1, 0.15) is 38.5 Å². The first-order chi connectivity index (χ1) is 12.1. The average Bonchev–Trinajstić information content (AvgIpc) is 3.03. The predicted octanol–water partition coefficient (Wildman–Crippen LogP) is 3.34. The lowest BCUT2D eigenvalue weighted by Gasteiger charge is -2.15. The Balaban J connectivity index is 2.04. The number of fused-ring (bicyclic) bond motifs is 1. The van der Waals surface area contributed by atoms with Crippen LogP contribution < -0.4 is 5.73 Å². The molecule has 2 N–H and O–H groups in total. The van der Waals surface area contributed by atoms with Gasteiger partial charge in [-0.1, -0.05) is 60.7 Å². The lowest BCUT2D eigenvalue weighted by molar-refractivity contribution is 0.526. The van der Waals surface area contributed by atoms with Crippen LogP contribution in [0.3, 0.4) is 0 Å². The SMILES string of the molecule is N#Cc1c(N)oc2c1[C@H](c1ccccc1)S(=O)(=O)[C@@H]2c1ccccc1. The molecule has 5 nitrogen and oxygen atoms in total. The quantitative estimate of drug-likeness (QED) is 0.764. The van der Waals surface area contributed by atoms with E-state index in [0.717, 1.165) is 0 Å². The first kappa shape index (κ1) is 15.5. The lowest BCUT2D eigenvalue weighted by Crippen LogP contribution is -2.15. The molecule has 2 heterocycles. The number of hydrogen-bond acceptors (Lipinski definition) is 5. The molecular formula is C19H14N2O3S. The molecule has 6 heteroatoms. The van der Waals surface area contributed by atoms with Gasteiger partial charge in [-0.15, -0.1) is 0 Å². The molecule has 0 saturated carbocycles. The van der Waals surface area contributed by atoms with Crippen molar-refractivity contribution in [3.8, 4) is 6.07 Å². The van der Waals surface area contributed by atoms with Crippen molar-refractivity contribution in [2.75, 3.05) is 5.73 Å². The second kappa shape index (κ2) is 5.50. The average molecular weight is 350 g/mol. The minimum Gasteiger partial charge on any atom is -0.442 e. The zero-order valence-electron chi connectivity index (χ0n) is 13.1. The van der Waals surface area contributed by atoms with Gasteiger partial charge in [0.05, 0.1) is 0 Å². The number of rotatable bonds is 2. The fourth-order valence-corrected chi connectivity index (χ4v) is 5.83. The molecule has 2 atom stereocenters. The van der Waals surface area contributed by atoms with Gasteiger partial charge in [0.1, 0.15) is 27.9 Å². The van der Waals surface area contributed by atoms with Crippen LogP contribution in [-0.4, -0.2) is 8.42 Å². The summed E-state index contributed by atoms with van der Waals surface area (Å²) < 4.78 is 32.3. The standard InChI is InChI=1S/C19H14N2O3S/c20-11-14-15-16(24-19(14)21)18(13-9-5-2-6-10-13)25(22,23)17(15)12-7-3-1-4-8-12/h1-10,17-18H,21H2/t17-,18+/m0/s1. The van der Waals surface area contributed by atoms with Crippen molar-refractivity contribution >= 4 is 15.7 Å². The molecule has 1 aromatic heterocycles. The number of furan rings is 1. The number of nitrogen functional groups attached to an aromatic ring is 1. The summed E-state index contributed by atoms with van der Waals surface area (Å²) in [5, 5.41) is 7.54. The zero-order chi connectivity index (χ0) is 17.6. The lowest BCUT2D eigenvalue weighted by atomic mass is 9.98. The van der Waals surface area contributed by atoms with Crippen molar-refractivity contribution in [2.45, 2.75) is 10.5 Å². The zero-order valence-corrected chi connectivity index (χ0v) is 13.9. The van der Waals surface area contributed by atoms with Crippen LogP contribution >= 0.6 is 0 Å². The van der Waals surface area contributed by atoms with E-state index in [1.165, 1.54) is 0 Å². The van der Waals surface area contributed by atoms with Gasteiger partial charge in [-0.05, 0) is 11.1 Å². The number of nitrogens with two attached hydrogens (primary N) is 1. The highest BCUT2D eigenvalue weighted by atomic mass is 32.2. The third-order valence-electron chi connectivity index (χ3n) is 4.47. The molecule has 1 aliphatic rings. The van der Waals surface area contributed by atoms with Crippen LogP contribution in [0.4, 0.5) is 5.88 Å². The molecule has 4 rings (SSSR count). The van der Waals surface area contributed by atoms with Crippen LogP contribution in [-0.2, 0) is 9.84 Å². The van der Waals surface area contributed by atoms with E-state index in [4.69, 9.17) is 10.2 Å². The summed E-state index contributed by atoms with van der Waals surface area (Å²) in [6.07, 6.45) is 0. The first-order valence-electron chi connectivity index (χ1n) is 7.70. The van der Waals surface area contributed by atoms with E-state index < -0.39 is 20.3 Å². The molecule has 0 aliphatic carbocycles. The van der Waals surface area contributed by atoms with E-state index in [1.807, 2.05) is 18.2 Å². The van der Waals surface area contributed by atoms with Crippen LogP contribution in [0.2, 0.25) is 0 Å². The Bertz CT molecular complexity index is 1080. The minimum absolute atomic E-state index is 0.0377. The molecule has 25 heavy (non-hydrogen) atoms. The van der Waals surface area contributed by atoms with E-state index in [2.05, 4.69) is 0 Å². The number of sulfone groups is 1. The van der Waals surface area contributed by atoms with Gasteiger partial charge in [0, 0.05) is 5.56 Å².